The first-order chi connectivity index (χ1) is 11.3. The lowest BCUT2D eigenvalue weighted by molar-refractivity contribution is -0.901. The van der Waals surface area contributed by atoms with Crippen molar-refractivity contribution in [2.75, 3.05) is 20.8 Å². The van der Waals surface area contributed by atoms with Gasteiger partial charge in [0.05, 0.1) is 14.2 Å². The van der Waals surface area contributed by atoms with Crippen molar-refractivity contribution in [1.29, 1.82) is 0 Å². The number of nitrogens with zero attached hydrogens (tertiary/aromatic N) is 1. The first-order valence-corrected chi connectivity index (χ1v) is 8.62. The fourth-order valence-electron chi connectivity index (χ4n) is 3.09. The summed E-state index contributed by atoms with van der Waals surface area (Å²) in [5.41, 5.74) is 0.757. The Morgan fingerprint density at radius 3 is 2.46 bits per heavy atom. The van der Waals surface area contributed by atoms with Gasteiger partial charge < -0.3 is 9.64 Å². The van der Waals surface area contributed by atoms with Gasteiger partial charge >= 0.3 is 0 Å². The molecule has 1 aromatic carbocycles. The lowest BCUT2D eigenvalue weighted by Crippen LogP contribution is -3.09. The van der Waals surface area contributed by atoms with E-state index in [2.05, 4.69) is 0 Å². The summed E-state index contributed by atoms with van der Waals surface area (Å²) in [4.78, 5) is 27.2. The highest BCUT2D eigenvalue weighted by Gasteiger charge is 2.40. The average Bonchev–Trinajstić information content (AvgIpc) is 2.51. The molecular weight excluding hydrogens is 328 g/mol. The van der Waals surface area contributed by atoms with E-state index in [1.54, 1.807) is 13.2 Å². The number of carbonyl (C=O) groups is 2. The Balaban J connectivity index is 2.05. The van der Waals surface area contributed by atoms with Crippen LogP contribution in [0.5, 0.6) is 5.75 Å². The van der Waals surface area contributed by atoms with Gasteiger partial charge in [-0.15, -0.1) is 0 Å². The summed E-state index contributed by atoms with van der Waals surface area (Å²) in [6.07, 6.45) is 1.70. The highest BCUT2D eigenvalue weighted by Crippen LogP contribution is 2.35. The smallest absolute Gasteiger partial charge is 0.234 e. The maximum atomic E-state index is 12.4. The second-order valence-corrected chi connectivity index (χ2v) is 7.42. The van der Waals surface area contributed by atoms with Crippen LogP contribution in [0.2, 0.25) is 5.02 Å². The molecule has 1 aliphatic heterocycles. The van der Waals surface area contributed by atoms with E-state index in [1.165, 1.54) is 4.90 Å². The number of benzene rings is 1. The van der Waals surface area contributed by atoms with Crippen molar-refractivity contribution >= 4 is 23.4 Å². The van der Waals surface area contributed by atoms with Crippen LogP contribution in [0.15, 0.2) is 18.2 Å². The molecule has 0 aromatic heterocycles. The van der Waals surface area contributed by atoms with Crippen LogP contribution in [0.25, 0.3) is 0 Å². The number of likely N-dealkylation sites (tertiary alicyclic amines) is 1. The van der Waals surface area contributed by atoms with Gasteiger partial charge in [-0.1, -0.05) is 25.4 Å². The van der Waals surface area contributed by atoms with Gasteiger partial charge in [0.25, 0.3) is 0 Å². The number of imide groups is 1. The second kappa shape index (κ2) is 7.53. The minimum absolute atomic E-state index is 0.0759. The third-order valence-corrected chi connectivity index (χ3v) is 5.01. The van der Waals surface area contributed by atoms with Crippen LogP contribution < -0.4 is 9.64 Å². The summed E-state index contributed by atoms with van der Waals surface area (Å²) >= 11 is 6.06. The maximum absolute atomic E-state index is 12.4. The van der Waals surface area contributed by atoms with Crippen LogP contribution in [0, 0.1) is 5.41 Å². The lowest BCUT2D eigenvalue weighted by Gasteiger charge is -2.37. The van der Waals surface area contributed by atoms with Crippen molar-refractivity contribution in [3.63, 3.8) is 0 Å². The molecule has 1 unspecified atom stereocenters. The molecule has 0 bridgehead atoms. The molecule has 0 spiro atoms. The number of ether oxygens (including phenoxy) is 1. The third-order valence-electron chi connectivity index (χ3n) is 4.77. The second-order valence-electron chi connectivity index (χ2n) is 6.98. The number of nitrogens with one attached hydrogen (secondary N) is 1. The Hall–Kier alpha value is -1.59. The molecule has 2 rings (SSSR count). The van der Waals surface area contributed by atoms with Gasteiger partial charge in [0.1, 0.15) is 12.3 Å². The van der Waals surface area contributed by atoms with Crippen molar-refractivity contribution < 1.29 is 19.2 Å². The highest BCUT2D eigenvalue weighted by atomic mass is 35.5. The molecule has 24 heavy (non-hydrogen) atoms. The minimum atomic E-state index is -0.200. The fraction of sp³-hybridized carbons (Fsp3) is 0.556. The Kier molecular flexibility index (Phi) is 5.88. The Bertz CT molecular complexity index is 615. The summed E-state index contributed by atoms with van der Waals surface area (Å²) in [6, 6.07) is 5.47. The van der Waals surface area contributed by atoms with E-state index in [-0.39, 0.29) is 17.2 Å². The number of carbonyl (C=O) groups excluding carboxylic acids is 2. The van der Waals surface area contributed by atoms with Gasteiger partial charge in [-0.05, 0) is 30.0 Å². The van der Waals surface area contributed by atoms with Gasteiger partial charge in [-0.3, -0.25) is 9.59 Å². The molecule has 6 heteroatoms. The SMILES string of the molecule is CCC1(C)CC(=O)N(C[NH+](C)Cc2cc(Cl)ccc2OC)C(=O)C1. The molecule has 0 radical (unpaired) electrons. The van der Waals surface area contributed by atoms with E-state index in [4.69, 9.17) is 16.3 Å². The Morgan fingerprint density at radius 2 is 1.92 bits per heavy atom. The summed E-state index contributed by atoms with van der Waals surface area (Å²) < 4.78 is 5.36. The number of rotatable bonds is 6. The standard InChI is InChI=1S/C18H25ClN2O3/c1-5-18(2)9-16(22)21(17(23)10-18)12-20(3)11-13-8-14(19)6-7-15(13)24-4/h6-8H,5,9-12H2,1-4H3/p+1. The molecule has 1 aliphatic rings. The molecular formula is C18H26ClN2O3+. The maximum Gasteiger partial charge on any atom is 0.234 e. The summed E-state index contributed by atoms with van der Waals surface area (Å²) in [5, 5.41) is 0.641. The molecule has 0 saturated carbocycles. The zero-order valence-corrected chi connectivity index (χ0v) is 15.6. The normalized spacial score (nSPS) is 18.6. The van der Waals surface area contributed by atoms with Gasteiger partial charge in [0.15, 0.2) is 6.67 Å². The van der Waals surface area contributed by atoms with Crippen LogP contribution in [0.1, 0.15) is 38.7 Å². The van der Waals surface area contributed by atoms with Crippen molar-refractivity contribution in [3.8, 4) is 5.75 Å². The molecule has 1 fully saturated rings. The van der Waals surface area contributed by atoms with Crippen molar-refractivity contribution in [3.05, 3.63) is 28.8 Å². The largest absolute Gasteiger partial charge is 0.496 e. The van der Waals surface area contributed by atoms with E-state index in [1.807, 2.05) is 33.0 Å². The van der Waals surface area contributed by atoms with Crippen LogP contribution in [0.3, 0.4) is 0 Å². The molecule has 1 saturated heterocycles. The number of methoxy groups -OCH3 is 1. The molecule has 1 heterocycles. The average molecular weight is 354 g/mol. The highest BCUT2D eigenvalue weighted by molar-refractivity contribution is 6.30. The third kappa shape index (κ3) is 4.28. The quantitative estimate of drug-likeness (QED) is 0.794. The van der Waals surface area contributed by atoms with E-state index in [0.29, 0.717) is 31.1 Å². The van der Waals surface area contributed by atoms with Gasteiger partial charge in [-0.2, -0.15) is 0 Å². The van der Waals surface area contributed by atoms with Crippen LogP contribution >= 0.6 is 11.6 Å². The monoisotopic (exact) mass is 353 g/mol. The Labute approximate surface area is 148 Å². The summed E-state index contributed by atoms with van der Waals surface area (Å²) in [6.45, 7) is 5.01. The number of halogens is 1. The zero-order valence-electron chi connectivity index (χ0n) is 14.8. The van der Waals surface area contributed by atoms with Crippen LogP contribution in [-0.4, -0.2) is 37.5 Å². The molecule has 0 aliphatic carbocycles. The van der Waals surface area contributed by atoms with E-state index in [0.717, 1.165) is 22.6 Å². The van der Waals surface area contributed by atoms with Crippen molar-refractivity contribution in [1.82, 2.24) is 4.90 Å². The summed E-state index contributed by atoms with van der Waals surface area (Å²) in [7, 11) is 3.57. The van der Waals surface area contributed by atoms with Crippen molar-refractivity contribution in [2.24, 2.45) is 5.41 Å². The molecule has 2 amide bonds. The molecule has 1 aromatic rings. The first kappa shape index (κ1) is 18.7. The van der Waals surface area contributed by atoms with Gasteiger partial charge in [-0.25, -0.2) is 4.90 Å². The lowest BCUT2D eigenvalue weighted by atomic mass is 9.77. The molecule has 5 nitrogen and oxygen atoms in total. The Morgan fingerprint density at radius 1 is 1.29 bits per heavy atom. The van der Waals surface area contributed by atoms with Gasteiger partial charge in [0.2, 0.25) is 11.8 Å². The first-order valence-electron chi connectivity index (χ1n) is 8.25. The molecule has 1 N–H and O–H groups in total. The predicted molar refractivity (Wildman–Crippen MR) is 92.9 cm³/mol. The van der Waals surface area contributed by atoms with E-state index in [9.17, 15) is 9.59 Å². The topological polar surface area (TPSA) is 51.1 Å². The van der Waals surface area contributed by atoms with Crippen molar-refractivity contribution in [2.45, 2.75) is 39.7 Å². The number of quaternary nitrogens is 1. The number of piperidine rings is 1. The molecule has 132 valence electrons. The number of hydrogen-bond acceptors (Lipinski definition) is 3. The number of hydrogen-bond donors (Lipinski definition) is 1. The minimum Gasteiger partial charge on any atom is -0.496 e. The molecule has 1 atom stereocenters. The van der Waals surface area contributed by atoms with Crippen LogP contribution in [-0.2, 0) is 16.1 Å². The summed E-state index contributed by atoms with van der Waals surface area (Å²) in [5.74, 6) is 0.606. The van der Waals surface area contributed by atoms with E-state index >= 15 is 0 Å². The van der Waals surface area contributed by atoms with E-state index < -0.39 is 0 Å². The number of amides is 2. The predicted octanol–water partition coefficient (Wildman–Crippen LogP) is 1.89. The zero-order chi connectivity index (χ0) is 17.9. The van der Waals surface area contributed by atoms with Crippen LogP contribution in [0.4, 0.5) is 0 Å². The fourth-order valence-corrected chi connectivity index (χ4v) is 3.28. The van der Waals surface area contributed by atoms with Gasteiger partial charge in [0, 0.05) is 23.4 Å².